The highest BCUT2D eigenvalue weighted by molar-refractivity contribution is 7.45. The number of likely N-dealkylation sites (N-methyl/N-ethyl adjacent to an activating group) is 1. The van der Waals surface area contributed by atoms with Gasteiger partial charge in [-0.2, -0.15) is 0 Å². The summed E-state index contributed by atoms with van der Waals surface area (Å²) in [6.07, 6.45) is 50.2. The van der Waals surface area contributed by atoms with E-state index in [9.17, 15) is 19.0 Å². The quantitative estimate of drug-likeness (QED) is 0.0195. The molecule has 0 rings (SSSR count). The number of ether oxygens (including phenoxy) is 2. The molecule has 0 radical (unpaired) electrons. The van der Waals surface area contributed by atoms with Crippen LogP contribution in [0.5, 0.6) is 0 Å². The summed E-state index contributed by atoms with van der Waals surface area (Å²) in [7, 11) is 1.16. The van der Waals surface area contributed by atoms with Gasteiger partial charge >= 0.3 is 11.9 Å². The van der Waals surface area contributed by atoms with Crippen LogP contribution in [0.1, 0.15) is 226 Å². The highest BCUT2D eigenvalue weighted by Gasteiger charge is 2.21. The Balaban J connectivity index is 4.27. The first-order valence-corrected chi connectivity index (χ1v) is 26.7. The second-order valence-corrected chi connectivity index (χ2v) is 19.6. The minimum atomic E-state index is -4.63. The van der Waals surface area contributed by atoms with Gasteiger partial charge in [0.2, 0.25) is 0 Å². The lowest BCUT2D eigenvalue weighted by molar-refractivity contribution is -0.870. The summed E-state index contributed by atoms with van der Waals surface area (Å²) in [5, 5.41) is 0. The fourth-order valence-corrected chi connectivity index (χ4v) is 7.64. The fourth-order valence-electron chi connectivity index (χ4n) is 6.92. The highest BCUT2D eigenvalue weighted by Crippen LogP contribution is 2.38. The van der Waals surface area contributed by atoms with Gasteiger partial charge in [-0.25, -0.2) is 0 Å². The van der Waals surface area contributed by atoms with Gasteiger partial charge in [-0.3, -0.25) is 14.2 Å². The molecule has 0 aromatic carbocycles. The lowest BCUT2D eigenvalue weighted by Crippen LogP contribution is -2.37. The zero-order valence-corrected chi connectivity index (χ0v) is 41.3. The number of esters is 2. The predicted octanol–water partition coefficient (Wildman–Crippen LogP) is 14.2. The first kappa shape index (κ1) is 59.2. The third kappa shape index (κ3) is 47.5. The molecule has 2 atom stereocenters. The Bertz CT molecular complexity index is 1130. The molecular weight excluding hydrogens is 786 g/mol. The molecule has 0 bridgehead atoms. The van der Waals surface area contributed by atoms with Gasteiger partial charge in [0.15, 0.2) is 6.10 Å². The zero-order chi connectivity index (χ0) is 45.0. The highest BCUT2D eigenvalue weighted by atomic mass is 31.2. The predicted molar refractivity (Wildman–Crippen MR) is 254 cm³/mol. The Labute approximate surface area is 376 Å². The third-order valence-corrected chi connectivity index (χ3v) is 11.8. The smallest absolute Gasteiger partial charge is 0.306 e. The van der Waals surface area contributed by atoms with E-state index >= 15 is 0 Å². The molecule has 10 heteroatoms. The van der Waals surface area contributed by atoms with Crippen molar-refractivity contribution in [2.75, 3.05) is 47.5 Å². The summed E-state index contributed by atoms with van der Waals surface area (Å²) >= 11 is 0. The molecule has 0 fully saturated rings. The maximum absolute atomic E-state index is 12.7. The van der Waals surface area contributed by atoms with Crippen molar-refractivity contribution in [1.82, 2.24) is 0 Å². The molecule has 9 nitrogen and oxygen atoms in total. The van der Waals surface area contributed by atoms with Gasteiger partial charge in [-0.1, -0.05) is 179 Å². The maximum atomic E-state index is 12.7. The molecule has 0 heterocycles. The van der Waals surface area contributed by atoms with Crippen LogP contribution in [-0.2, 0) is 32.7 Å². The Morgan fingerprint density at radius 1 is 0.508 bits per heavy atom. The second kappa shape index (κ2) is 43.5. The lowest BCUT2D eigenvalue weighted by atomic mass is 10.1. The first-order valence-electron chi connectivity index (χ1n) is 25.2. The topological polar surface area (TPSA) is 111 Å². The molecule has 0 aliphatic carbocycles. The number of hydrogen-bond acceptors (Lipinski definition) is 8. The van der Waals surface area contributed by atoms with Gasteiger partial charge in [-0.05, 0) is 70.6 Å². The normalized spacial score (nSPS) is 13.7. The molecule has 0 amide bonds. The molecule has 0 aromatic rings. The van der Waals surface area contributed by atoms with E-state index in [2.05, 4.69) is 50.3 Å². The molecule has 0 aliphatic heterocycles. The van der Waals surface area contributed by atoms with E-state index in [1.54, 1.807) is 0 Å². The number of quaternary nitrogens is 1. The van der Waals surface area contributed by atoms with Crippen LogP contribution in [0.3, 0.4) is 0 Å². The number of phosphoric acid groups is 1. The molecule has 61 heavy (non-hydrogen) atoms. The molecule has 0 saturated heterocycles. The Morgan fingerprint density at radius 2 is 0.885 bits per heavy atom. The van der Waals surface area contributed by atoms with Crippen LogP contribution in [0, 0.1) is 0 Å². The van der Waals surface area contributed by atoms with Crippen LogP contribution in [0.2, 0.25) is 0 Å². The van der Waals surface area contributed by atoms with Gasteiger partial charge in [0.25, 0.3) is 7.82 Å². The minimum absolute atomic E-state index is 0.0321. The molecule has 0 spiro atoms. The summed E-state index contributed by atoms with van der Waals surface area (Å²) in [6, 6.07) is 0. The van der Waals surface area contributed by atoms with Crippen molar-refractivity contribution in [3.05, 3.63) is 36.5 Å². The summed E-state index contributed by atoms with van der Waals surface area (Å²) < 4.78 is 34.0. The summed E-state index contributed by atoms with van der Waals surface area (Å²) in [4.78, 5) is 37.7. The van der Waals surface area contributed by atoms with Crippen molar-refractivity contribution in [1.29, 1.82) is 0 Å². The van der Waals surface area contributed by atoms with E-state index < -0.39 is 26.5 Å². The fraction of sp³-hybridized carbons (Fsp3) is 0.843. The summed E-state index contributed by atoms with van der Waals surface area (Å²) in [6.45, 7) is 4.22. The van der Waals surface area contributed by atoms with Crippen LogP contribution < -0.4 is 4.89 Å². The van der Waals surface area contributed by atoms with Gasteiger partial charge in [0.05, 0.1) is 27.7 Å². The number of nitrogens with zero attached hydrogens (tertiary/aromatic N) is 1. The molecule has 0 saturated carbocycles. The maximum Gasteiger partial charge on any atom is 0.306 e. The standard InChI is InChI=1S/C51H96NO8P/c1-6-8-10-12-14-16-18-20-22-24-26-28-30-32-34-36-38-40-42-44-51(54)60-49(48-59-61(55,56)58-46-45-52(3,4)5)47-57-50(53)43-41-39-37-35-33-31-29-27-25-23-21-19-17-15-13-11-9-7-2/h14,16,20,22-23,25,49H,6-13,15,17-19,21,24,26-48H2,1-5H3/b16-14-,22-20-,25-23-. The molecule has 0 aromatic heterocycles. The average molecular weight is 882 g/mol. The van der Waals surface area contributed by atoms with Gasteiger partial charge in [0, 0.05) is 12.8 Å². The largest absolute Gasteiger partial charge is 0.756 e. The molecule has 0 aliphatic rings. The number of rotatable bonds is 46. The molecule has 0 N–H and O–H groups in total. The lowest BCUT2D eigenvalue weighted by Gasteiger charge is -2.28. The van der Waals surface area contributed by atoms with Gasteiger partial charge in [0.1, 0.15) is 19.8 Å². The van der Waals surface area contributed by atoms with E-state index in [1.165, 1.54) is 128 Å². The van der Waals surface area contributed by atoms with Crippen LogP contribution >= 0.6 is 7.82 Å². The minimum Gasteiger partial charge on any atom is -0.756 e. The van der Waals surface area contributed by atoms with Crippen molar-refractivity contribution in [2.24, 2.45) is 0 Å². The van der Waals surface area contributed by atoms with Crippen molar-refractivity contribution in [2.45, 2.75) is 232 Å². The number of carbonyl (C=O) groups excluding carboxylic acids is 2. The van der Waals surface area contributed by atoms with Crippen LogP contribution in [0.25, 0.3) is 0 Å². The zero-order valence-electron chi connectivity index (χ0n) is 40.4. The van der Waals surface area contributed by atoms with Crippen molar-refractivity contribution < 1.29 is 42.1 Å². The SMILES string of the molecule is CCCCC/C=C\C/C=C\CCCCCCCCCCCC(=O)OC(COC(=O)CCCCCCCCC/C=C\CCCCCCCCC)COP(=O)([O-])OCC[N+](C)(C)C. The number of phosphoric ester groups is 1. The summed E-state index contributed by atoms with van der Waals surface area (Å²) in [5.74, 6) is -0.838. The van der Waals surface area contributed by atoms with Crippen LogP contribution in [-0.4, -0.2) is 70.0 Å². The first-order chi connectivity index (χ1) is 29.5. The molecular formula is C51H96NO8P. The second-order valence-electron chi connectivity index (χ2n) is 18.2. The average Bonchev–Trinajstić information content (AvgIpc) is 3.21. The van der Waals surface area contributed by atoms with E-state index in [1.807, 2.05) is 21.1 Å². The van der Waals surface area contributed by atoms with E-state index in [0.717, 1.165) is 64.2 Å². The van der Waals surface area contributed by atoms with Crippen molar-refractivity contribution in [3.8, 4) is 0 Å². The Morgan fingerprint density at radius 3 is 1.34 bits per heavy atom. The van der Waals surface area contributed by atoms with Gasteiger partial charge < -0.3 is 27.9 Å². The van der Waals surface area contributed by atoms with E-state index in [-0.39, 0.29) is 32.0 Å². The molecule has 358 valence electrons. The molecule has 2 unspecified atom stereocenters. The van der Waals surface area contributed by atoms with Gasteiger partial charge in [-0.15, -0.1) is 0 Å². The third-order valence-electron chi connectivity index (χ3n) is 10.9. The number of unbranched alkanes of at least 4 members (excludes halogenated alkanes) is 26. The van der Waals surface area contributed by atoms with Crippen LogP contribution in [0.4, 0.5) is 0 Å². The number of hydrogen-bond donors (Lipinski definition) is 0. The summed E-state index contributed by atoms with van der Waals surface area (Å²) in [5.41, 5.74) is 0. The van der Waals surface area contributed by atoms with Crippen molar-refractivity contribution >= 4 is 19.8 Å². The monoisotopic (exact) mass is 882 g/mol. The number of allylic oxidation sites excluding steroid dienone is 6. The van der Waals surface area contributed by atoms with Crippen LogP contribution in [0.15, 0.2) is 36.5 Å². The number of carbonyl (C=O) groups is 2. The van der Waals surface area contributed by atoms with E-state index in [0.29, 0.717) is 17.4 Å². The van der Waals surface area contributed by atoms with Crippen molar-refractivity contribution in [3.63, 3.8) is 0 Å². The Kier molecular flexibility index (Phi) is 42.2. The Hall–Kier alpha value is -1.77. The van der Waals surface area contributed by atoms with E-state index in [4.69, 9.17) is 18.5 Å².